The third-order valence-electron chi connectivity index (χ3n) is 4.23. The van der Waals surface area contributed by atoms with Gasteiger partial charge >= 0.3 is 0 Å². The molecule has 0 aliphatic rings. The standard InChI is InChI=1S/C20H24N4OS3/c1-3-15-6-8-16(9-7-15)14(2)22-18(25)13-27-20-24-23-19(28-20)21-11-10-17-5-4-12-26-17/h4-9,12,14H,3,10-11,13H2,1-2H3,(H,21,23)(H,22,25). The van der Waals surface area contributed by atoms with Crippen molar-refractivity contribution in [3.05, 3.63) is 57.8 Å². The zero-order valence-electron chi connectivity index (χ0n) is 16.0. The van der Waals surface area contributed by atoms with Crippen LogP contribution in [0, 0.1) is 0 Å². The number of thiophene rings is 1. The lowest BCUT2D eigenvalue weighted by molar-refractivity contribution is -0.119. The molecule has 3 rings (SSSR count). The fourth-order valence-corrected chi connectivity index (χ4v) is 4.92. The molecule has 148 valence electrons. The van der Waals surface area contributed by atoms with E-state index >= 15 is 0 Å². The van der Waals surface area contributed by atoms with Crippen LogP contribution < -0.4 is 10.6 Å². The Bertz CT molecular complexity index is 862. The first-order chi connectivity index (χ1) is 13.6. The van der Waals surface area contributed by atoms with Crippen molar-refractivity contribution < 1.29 is 4.79 Å². The molecule has 1 aromatic carbocycles. The first-order valence-electron chi connectivity index (χ1n) is 9.24. The van der Waals surface area contributed by atoms with Gasteiger partial charge in [0.2, 0.25) is 11.0 Å². The van der Waals surface area contributed by atoms with Gasteiger partial charge in [-0.2, -0.15) is 0 Å². The lowest BCUT2D eigenvalue weighted by Gasteiger charge is -2.14. The van der Waals surface area contributed by atoms with E-state index in [1.54, 1.807) is 11.3 Å². The van der Waals surface area contributed by atoms with Crippen LogP contribution in [-0.2, 0) is 17.6 Å². The number of amides is 1. The van der Waals surface area contributed by atoms with Gasteiger partial charge in [0.25, 0.3) is 0 Å². The summed E-state index contributed by atoms with van der Waals surface area (Å²) in [5, 5.41) is 17.5. The molecular weight excluding hydrogens is 408 g/mol. The van der Waals surface area contributed by atoms with E-state index < -0.39 is 0 Å². The summed E-state index contributed by atoms with van der Waals surface area (Å²) in [6, 6.07) is 12.6. The maximum atomic E-state index is 12.2. The monoisotopic (exact) mass is 432 g/mol. The number of rotatable bonds is 10. The average molecular weight is 433 g/mol. The van der Waals surface area contributed by atoms with Crippen LogP contribution in [0.25, 0.3) is 0 Å². The van der Waals surface area contributed by atoms with Gasteiger partial charge in [0.1, 0.15) is 0 Å². The number of anilines is 1. The SMILES string of the molecule is CCc1ccc(C(C)NC(=O)CSc2nnc(NCCc3cccs3)s2)cc1. The van der Waals surface area contributed by atoms with E-state index in [0.717, 1.165) is 34.4 Å². The molecule has 2 aromatic heterocycles. The highest BCUT2D eigenvalue weighted by atomic mass is 32.2. The second-order valence-electron chi connectivity index (χ2n) is 6.30. The first kappa shape index (κ1) is 20.8. The summed E-state index contributed by atoms with van der Waals surface area (Å²) >= 11 is 4.66. The van der Waals surface area contributed by atoms with Crippen LogP contribution in [0.1, 0.15) is 35.9 Å². The maximum absolute atomic E-state index is 12.2. The predicted octanol–water partition coefficient (Wildman–Crippen LogP) is 4.79. The number of aromatic nitrogens is 2. The summed E-state index contributed by atoms with van der Waals surface area (Å²) in [4.78, 5) is 13.6. The number of benzene rings is 1. The van der Waals surface area contributed by atoms with E-state index in [-0.39, 0.29) is 11.9 Å². The third kappa shape index (κ3) is 6.32. The smallest absolute Gasteiger partial charge is 0.230 e. The van der Waals surface area contributed by atoms with Crippen LogP contribution in [-0.4, -0.2) is 28.4 Å². The minimum atomic E-state index is -0.0112. The third-order valence-corrected chi connectivity index (χ3v) is 7.18. The van der Waals surface area contributed by atoms with Gasteiger partial charge < -0.3 is 10.6 Å². The number of carbonyl (C=O) groups is 1. The molecule has 3 aromatic rings. The van der Waals surface area contributed by atoms with Crippen molar-refractivity contribution in [3.63, 3.8) is 0 Å². The van der Waals surface area contributed by atoms with Gasteiger partial charge in [-0.05, 0) is 42.3 Å². The van der Waals surface area contributed by atoms with Gasteiger partial charge in [0, 0.05) is 11.4 Å². The maximum Gasteiger partial charge on any atom is 0.230 e. The molecule has 0 saturated carbocycles. The highest BCUT2D eigenvalue weighted by Gasteiger charge is 2.12. The Morgan fingerprint density at radius 3 is 2.75 bits per heavy atom. The van der Waals surface area contributed by atoms with Gasteiger partial charge in [-0.25, -0.2) is 0 Å². The molecular formula is C20H24N4OS3. The van der Waals surface area contributed by atoms with Gasteiger partial charge in [-0.1, -0.05) is 60.4 Å². The molecule has 0 aliphatic heterocycles. The highest BCUT2D eigenvalue weighted by molar-refractivity contribution is 8.01. The van der Waals surface area contributed by atoms with E-state index in [0.29, 0.717) is 5.75 Å². The number of nitrogens with one attached hydrogen (secondary N) is 2. The van der Waals surface area contributed by atoms with E-state index in [1.165, 1.54) is 33.5 Å². The van der Waals surface area contributed by atoms with Crippen LogP contribution in [0.2, 0.25) is 0 Å². The van der Waals surface area contributed by atoms with Crippen molar-refractivity contribution in [1.29, 1.82) is 0 Å². The van der Waals surface area contributed by atoms with Crippen molar-refractivity contribution in [3.8, 4) is 0 Å². The second-order valence-corrected chi connectivity index (χ2v) is 9.53. The number of carbonyl (C=O) groups excluding carboxylic acids is 1. The molecule has 2 heterocycles. The lowest BCUT2D eigenvalue weighted by atomic mass is 10.1. The molecule has 8 heteroatoms. The van der Waals surface area contributed by atoms with E-state index in [9.17, 15) is 4.79 Å². The molecule has 0 fully saturated rings. The van der Waals surface area contributed by atoms with E-state index in [4.69, 9.17) is 0 Å². The topological polar surface area (TPSA) is 66.9 Å². The Morgan fingerprint density at radius 1 is 1.21 bits per heavy atom. The largest absolute Gasteiger partial charge is 0.360 e. The molecule has 1 unspecified atom stereocenters. The molecule has 0 spiro atoms. The summed E-state index contributed by atoms with van der Waals surface area (Å²) in [5.74, 6) is 0.334. The molecule has 5 nitrogen and oxygen atoms in total. The number of thioether (sulfide) groups is 1. The number of aryl methyl sites for hydroxylation is 1. The molecule has 0 saturated heterocycles. The van der Waals surface area contributed by atoms with Crippen molar-refractivity contribution in [2.75, 3.05) is 17.6 Å². The quantitative estimate of drug-likeness (QED) is 0.451. The molecule has 0 aliphatic carbocycles. The number of nitrogens with zero attached hydrogens (tertiary/aromatic N) is 2. The van der Waals surface area contributed by atoms with Crippen LogP contribution in [0.15, 0.2) is 46.1 Å². The molecule has 1 atom stereocenters. The normalized spacial score (nSPS) is 11.9. The molecule has 0 radical (unpaired) electrons. The summed E-state index contributed by atoms with van der Waals surface area (Å²) < 4.78 is 0.800. The molecule has 0 bridgehead atoms. The minimum absolute atomic E-state index is 0.000488. The average Bonchev–Trinajstić information content (AvgIpc) is 3.38. The fraction of sp³-hybridized carbons (Fsp3) is 0.350. The predicted molar refractivity (Wildman–Crippen MR) is 120 cm³/mol. The Morgan fingerprint density at radius 2 is 2.04 bits per heavy atom. The van der Waals surface area contributed by atoms with Crippen molar-refractivity contribution in [1.82, 2.24) is 15.5 Å². The Balaban J connectivity index is 1.39. The summed E-state index contributed by atoms with van der Waals surface area (Å²) in [6.45, 7) is 4.97. The zero-order valence-corrected chi connectivity index (χ0v) is 18.4. The fourth-order valence-electron chi connectivity index (χ4n) is 2.62. The highest BCUT2D eigenvalue weighted by Crippen LogP contribution is 2.25. The molecule has 1 amide bonds. The first-order valence-corrected chi connectivity index (χ1v) is 11.9. The Hall–Kier alpha value is -1.90. The summed E-state index contributed by atoms with van der Waals surface area (Å²) in [7, 11) is 0. The van der Waals surface area contributed by atoms with E-state index in [1.807, 2.05) is 6.92 Å². The number of hydrogen-bond acceptors (Lipinski definition) is 7. The van der Waals surface area contributed by atoms with Gasteiger partial charge in [-0.15, -0.1) is 21.5 Å². The van der Waals surface area contributed by atoms with E-state index in [2.05, 4.69) is 69.5 Å². The lowest BCUT2D eigenvalue weighted by Crippen LogP contribution is -2.28. The van der Waals surface area contributed by atoms with Gasteiger partial charge in [0.05, 0.1) is 11.8 Å². The Labute approximate surface area is 178 Å². The zero-order chi connectivity index (χ0) is 19.8. The summed E-state index contributed by atoms with van der Waals surface area (Å²) in [5.41, 5.74) is 2.41. The van der Waals surface area contributed by atoms with Crippen molar-refractivity contribution in [2.45, 2.75) is 37.1 Å². The molecule has 28 heavy (non-hydrogen) atoms. The van der Waals surface area contributed by atoms with Crippen LogP contribution in [0.5, 0.6) is 0 Å². The van der Waals surface area contributed by atoms with Gasteiger partial charge in [0.15, 0.2) is 4.34 Å². The summed E-state index contributed by atoms with van der Waals surface area (Å²) in [6.07, 6.45) is 1.99. The van der Waals surface area contributed by atoms with Crippen molar-refractivity contribution in [2.24, 2.45) is 0 Å². The molecule has 2 N–H and O–H groups in total. The van der Waals surface area contributed by atoms with Crippen molar-refractivity contribution >= 4 is 45.5 Å². The Kier molecular flexibility index (Phi) is 7.88. The number of hydrogen-bond donors (Lipinski definition) is 2. The van der Waals surface area contributed by atoms with Gasteiger partial charge in [-0.3, -0.25) is 4.79 Å². The van der Waals surface area contributed by atoms with Crippen LogP contribution in [0.4, 0.5) is 5.13 Å². The second kappa shape index (κ2) is 10.6. The van der Waals surface area contributed by atoms with Crippen LogP contribution in [0.3, 0.4) is 0 Å². The van der Waals surface area contributed by atoms with Crippen LogP contribution >= 0.6 is 34.4 Å². The minimum Gasteiger partial charge on any atom is -0.360 e.